The van der Waals surface area contributed by atoms with E-state index in [0.717, 1.165) is 57.8 Å². The number of aliphatic hydroxyl groups excluding tert-OH is 1. The first-order valence-corrected chi connectivity index (χ1v) is 17.4. The monoisotopic (exact) mass is 634 g/mol. The maximum absolute atomic E-state index is 13.0. The Balaban J connectivity index is 1.27. The molecule has 4 saturated carbocycles. The van der Waals surface area contributed by atoms with Gasteiger partial charge in [0.2, 0.25) is 0 Å². The van der Waals surface area contributed by atoms with Crippen LogP contribution in [0.4, 0.5) is 0 Å². The van der Waals surface area contributed by atoms with E-state index in [1.165, 1.54) is 23.8 Å². The Kier molecular flexibility index (Phi) is 7.82. The number of phenolic OH excluding ortho intramolecular Hbond substituents is 2. The van der Waals surface area contributed by atoms with Crippen LogP contribution in [-0.4, -0.2) is 45.1 Å². The van der Waals surface area contributed by atoms with Crippen molar-refractivity contribution < 1.29 is 34.8 Å². The minimum atomic E-state index is -0.653. The van der Waals surface area contributed by atoms with Gasteiger partial charge in [-0.2, -0.15) is 0 Å². The Hall–Kier alpha value is -2.80. The number of carbonyl (C=O) groups is 2. The molecule has 1 aromatic rings. The average molecular weight is 635 g/mol. The number of phenols is 2. The van der Waals surface area contributed by atoms with Crippen LogP contribution in [0.3, 0.4) is 0 Å². The van der Waals surface area contributed by atoms with E-state index in [1.54, 1.807) is 12.1 Å². The molecule has 0 heterocycles. The van der Waals surface area contributed by atoms with Crippen LogP contribution in [0.25, 0.3) is 6.08 Å². The highest BCUT2D eigenvalue weighted by molar-refractivity contribution is 5.87. The SMILES string of the molecule is CC1(C)CC[C@]2(C(=O)O)CC[C@]3(C)C(=CC[C@@H]4[C@@]5(C)CC[C@H](OC(=O)C=Cc6ccc(O)c(O)c6)[C@@](C)(CO)[C@@H]5CC[C@]43C)[C@H]2C1. The molecule has 252 valence electrons. The summed E-state index contributed by atoms with van der Waals surface area (Å²) in [5, 5.41) is 41.0. The number of aromatic hydroxyl groups is 2. The number of hydrogen-bond donors (Lipinski definition) is 4. The average Bonchev–Trinajstić information content (AvgIpc) is 2.99. The molecule has 9 atom stereocenters. The van der Waals surface area contributed by atoms with Gasteiger partial charge in [-0.1, -0.05) is 59.3 Å². The van der Waals surface area contributed by atoms with Crippen molar-refractivity contribution in [1.82, 2.24) is 0 Å². The van der Waals surface area contributed by atoms with Gasteiger partial charge in [0.15, 0.2) is 11.5 Å². The zero-order valence-corrected chi connectivity index (χ0v) is 28.6. The van der Waals surface area contributed by atoms with Gasteiger partial charge in [0.05, 0.1) is 12.0 Å². The third-order valence-electron chi connectivity index (χ3n) is 14.8. The maximum Gasteiger partial charge on any atom is 0.331 e. The molecular weight excluding hydrogens is 580 g/mol. The molecule has 5 aliphatic rings. The number of carboxylic acid groups (broad SMARTS) is 1. The number of benzene rings is 1. The van der Waals surface area contributed by atoms with Gasteiger partial charge in [0, 0.05) is 11.5 Å². The molecule has 6 rings (SSSR count). The molecule has 4 fully saturated rings. The van der Waals surface area contributed by atoms with Crippen LogP contribution in [0.1, 0.15) is 111 Å². The second-order valence-electron chi connectivity index (χ2n) is 17.4. The maximum atomic E-state index is 13.0. The summed E-state index contributed by atoms with van der Waals surface area (Å²) in [7, 11) is 0. The first-order valence-electron chi connectivity index (χ1n) is 17.4. The van der Waals surface area contributed by atoms with Gasteiger partial charge in [-0.15, -0.1) is 0 Å². The fourth-order valence-corrected chi connectivity index (χ4v) is 11.8. The van der Waals surface area contributed by atoms with Crippen LogP contribution < -0.4 is 0 Å². The van der Waals surface area contributed by atoms with Crippen LogP contribution in [0, 0.1) is 50.2 Å². The number of aliphatic carboxylic acids is 1. The molecule has 0 aliphatic heterocycles. The number of carboxylic acids is 1. The molecule has 0 spiro atoms. The molecule has 46 heavy (non-hydrogen) atoms. The summed E-state index contributed by atoms with van der Waals surface area (Å²) in [4.78, 5) is 26.0. The van der Waals surface area contributed by atoms with Crippen molar-refractivity contribution in [2.45, 2.75) is 112 Å². The van der Waals surface area contributed by atoms with Crippen molar-refractivity contribution in [3.8, 4) is 11.5 Å². The standard InChI is InChI=1S/C39H54O7/c1-34(2)17-19-39(33(44)45)20-18-37(5)25(26(39)22-34)9-11-30-35(3)15-14-31(36(4,23-40)29(35)13-16-38(30,37)6)46-32(43)12-8-24-7-10-27(41)28(42)21-24/h7-10,12,21,26,29-31,40-42H,11,13-20,22-23H2,1-6H3,(H,44,45)/t26-,29-,30-,31+,35+,36+,37-,38-,39+/m1/s1. The van der Waals surface area contributed by atoms with E-state index in [1.807, 2.05) is 0 Å². The predicted octanol–water partition coefficient (Wildman–Crippen LogP) is 7.88. The summed E-state index contributed by atoms with van der Waals surface area (Å²) in [6.45, 7) is 14.0. The van der Waals surface area contributed by atoms with Crippen LogP contribution in [0.2, 0.25) is 0 Å². The zero-order valence-electron chi connectivity index (χ0n) is 28.6. The Morgan fingerprint density at radius 1 is 0.913 bits per heavy atom. The van der Waals surface area contributed by atoms with Gasteiger partial charge >= 0.3 is 11.9 Å². The lowest BCUT2D eigenvalue weighted by Gasteiger charge is -2.71. The van der Waals surface area contributed by atoms with E-state index in [2.05, 4.69) is 47.6 Å². The van der Waals surface area contributed by atoms with Crippen molar-refractivity contribution >= 4 is 18.0 Å². The smallest absolute Gasteiger partial charge is 0.331 e. The summed E-state index contributed by atoms with van der Waals surface area (Å²) in [5.74, 6) is -0.948. The number of aliphatic hydroxyl groups is 1. The van der Waals surface area contributed by atoms with Gasteiger partial charge < -0.3 is 25.2 Å². The number of carbonyl (C=O) groups excluding carboxylic acids is 1. The second-order valence-corrected chi connectivity index (χ2v) is 17.4. The van der Waals surface area contributed by atoms with E-state index < -0.39 is 28.9 Å². The molecule has 1 aromatic carbocycles. The summed E-state index contributed by atoms with van der Waals surface area (Å²) in [6.07, 6.45) is 13.7. The molecule has 5 aliphatic carbocycles. The van der Waals surface area contributed by atoms with Gasteiger partial charge in [-0.3, -0.25) is 4.79 Å². The Labute approximate surface area is 274 Å². The number of ether oxygens (including phenoxy) is 1. The lowest BCUT2D eigenvalue weighted by Crippen LogP contribution is -2.66. The van der Waals surface area contributed by atoms with E-state index in [4.69, 9.17) is 4.74 Å². The van der Waals surface area contributed by atoms with E-state index in [-0.39, 0.29) is 51.6 Å². The molecule has 7 nitrogen and oxygen atoms in total. The zero-order chi connectivity index (χ0) is 33.5. The third kappa shape index (κ3) is 4.69. The van der Waals surface area contributed by atoms with Crippen LogP contribution in [-0.2, 0) is 14.3 Å². The molecule has 0 aromatic heterocycles. The van der Waals surface area contributed by atoms with Crippen molar-refractivity contribution in [3.63, 3.8) is 0 Å². The molecule has 7 heteroatoms. The lowest BCUT2D eigenvalue weighted by molar-refractivity contribution is -0.223. The van der Waals surface area contributed by atoms with Crippen molar-refractivity contribution in [2.24, 2.45) is 50.2 Å². The van der Waals surface area contributed by atoms with Crippen molar-refractivity contribution in [2.75, 3.05) is 6.61 Å². The van der Waals surface area contributed by atoms with E-state index >= 15 is 0 Å². The van der Waals surface area contributed by atoms with E-state index in [0.29, 0.717) is 17.9 Å². The molecule has 0 amide bonds. The van der Waals surface area contributed by atoms with E-state index in [9.17, 15) is 30.0 Å². The van der Waals surface area contributed by atoms with Crippen molar-refractivity contribution in [3.05, 3.63) is 41.5 Å². The van der Waals surface area contributed by atoms with Gasteiger partial charge in [-0.25, -0.2) is 4.79 Å². The minimum Gasteiger partial charge on any atom is -0.504 e. The Bertz CT molecular complexity index is 1480. The largest absolute Gasteiger partial charge is 0.504 e. The van der Waals surface area contributed by atoms with Gasteiger partial charge in [0.25, 0.3) is 0 Å². The molecule has 0 saturated heterocycles. The molecule has 4 N–H and O–H groups in total. The van der Waals surface area contributed by atoms with Crippen LogP contribution in [0.5, 0.6) is 11.5 Å². The van der Waals surface area contributed by atoms with Crippen LogP contribution >= 0.6 is 0 Å². The number of fused-ring (bicyclic) bond motifs is 7. The highest BCUT2D eigenvalue weighted by atomic mass is 16.5. The molecule has 0 bridgehead atoms. The summed E-state index contributed by atoms with van der Waals surface area (Å²) in [6, 6.07) is 4.36. The number of esters is 1. The lowest BCUT2D eigenvalue weighted by atomic mass is 9.33. The topological polar surface area (TPSA) is 124 Å². The highest BCUT2D eigenvalue weighted by Crippen LogP contribution is 2.75. The normalized spacial score (nSPS) is 43.0. The predicted molar refractivity (Wildman–Crippen MR) is 177 cm³/mol. The summed E-state index contributed by atoms with van der Waals surface area (Å²) >= 11 is 0. The Morgan fingerprint density at radius 3 is 2.30 bits per heavy atom. The van der Waals surface area contributed by atoms with Crippen molar-refractivity contribution in [1.29, 1.82) is 0 Å². The number of rotatable bonds is 5. The second kappa shape index (κ2) is 10.9. The van der Waals surface area contributed by atoms with Gasteiger partial charge in [-0.05, 0) is 127 Å². The number of allylic oxidation sites excluding steroid dienone is 2. The molecule has 0 unspecified atom stereocenters. The fraction of sp³-hybridized carbons (Fsp3) is 0.692. The molecular formula is C39H54O7. The fourth-order valence-electron chi connectivity index (χ4n) is 11.8. The molecule has 0 radical (unpaired) electrons. The first kappa shape index (κ1) is 33.1. The minimum absolute atomic E-state index is 0.00683. The quantitative estimate of drug-likeness (QED) is 0.112. The highest BCUT2D eigenvalue weighted by Gasteiger charge is 2.70. The number of hydrogen-bond acceptors (Lipinski definition) is 6. The van der Waals surface area contributed by atoms with Gasteiger partial charge in [0.1, 0.15) is 6.10 Å². The summed E-state index contributed by atoms with van der Waals surface area (Å²) < 4.78 is 6.08. The Morgan fingerprint density at radius 2 is 1.63 bits per heavy atom. The first-order chi connectivity index (χ1) is 21.5. The third-order valence-corrected chi connectivity index (χ3v) is 14.8. The van der Waals surface area contributed by atoms with Crippen LogP contribution in [0.15, 0.2) is 35.9 Å². The summed E-state index contributed by atoms with van der Waals surface area (Å²) in [5.41, 5.74) is 0.724.